The highest BCUT2D eigenvalue weighted by molar-refractivity contribution is 8.23. The smallest absolute Gasteiger partial charge is 0.357 e. The summed E-state index contributed by atoms with van der Waals surface area (Å²) >= 11 is 3.00. The third-order valence-corrected chi connectivity index (χ3v) is 16.7. The lowest BCUT2D eigenvalue weighted by atomic mass is 9.92. The van der Waals surface area contributed by atoms with Gasteiger partial charge < -0.3 is 9.16 Å². The van der Waals surface area contributed by atoms with Crippen LogP contribution < -0.4 is 0 Å². The summed E-state index contributed by atoms with van der Waals surface area (Å²) in [6.07, 6.45) is 0.497. The van der Waals surface area contributed by atoms with Gasteiger partial charge in [0.15, 0.2) is 14.0 Å². The van der Waals surface area contributed by atoms with Gasteiger partial charge in [0.1, 0.15) is 12.0 Å². The summed E-state index contributed by atoms with van der Waals surface area (Å²) in [5.74, 6) is 0.0720. The van der Waals surface area contributed by atoms with Crippen molar-refractivity contribution in [2.75, 3.05) is 11.5 Å². The van der Waals surface area contributed by atoms with Crippen molar-refractivity contribution in [3.05, 3.63) is 49.9 Å². The molecule has 0 aromatic heterocycles. The minimum Gasteiger partial charge on any atom is -0.456 e. The van der Waals surface area contributed by atoms with Gasteiger partial charge in [0, 0.05) is 39.7 Å². The summed E-state index contributed by atoms with van der Waals surface area (Å²) in [6, 6.07) is 5.80. The Kier molecular flexibility index (Phi) is 8.54. The number of amides is 1. The first-order valence-electron chi connectivity index (χ1n) is 12.5. The zero-order valence-electron chi connectivity index (χ0n) is 22.4. The van der Waals surface area contributed by atoms with Crippen molar-refractivity contribution in [1.29, 1.82) is 0 Å². The molecular weight excluding hydrogens is 565 g/mol. The molecule has 38 heavy (non-hydrogen) atoms. The van der Waals surface area contributed by atoms with Crippen molar-refractivity contribution in [1.82, 2.24) is 4.90 Å². The van der Waals surface area contributed by atoms with Crippen LogP contribution in [0.2, 0.25) is 18.1 Å². The molecule has 0 radical (unpaired) electrons. The number of esters is 1. The second-order valence-electron chi connectivity index (χ2n) is 11.3. The monoisotopic (exact) mass is 598 g/mol. The van der Waals surface area contributed by atoms with Crippen molar-refractivity contribution >= 4 is 60.2 Å². The summed E-state index contributed by atoms with van der Waals surface area (Å²) in [5, 5.41) is 10.8. The Morgan fingerprint density at radius 3 is 2.53 bits per heavy atom. The van der Waals surface area contributed by atoms with Crippen molar-refractivity contribution in [2.24, 2.45) is 5.92 Å². The maximum absolute atomic E-state index is 13.4. The van der Waals surface area contributed by atoms with E-state index in [1.54, 1.807) is 12.1 Å². The predicted octanol–water partition coefficient (Wildman–Crippen LogP) is 5.00. The Balaban J connectivity index is 1.51. The molecule has 1 aromatic carbocycles. The van der Waals surface area contributed by atoms with Crippen LogP contribution in [0.15, 0.2) is 34.2 Å². The number of β-lactam (4-membered cyclic amide) rings is 1. The van der Waals surface area contributed by atoms with Gasteiger partial charge in [-0.2, -0.15) is 0 Å². The molecule has 2 fully saturated rings. The van der Waals surface area contributed by atoms with E-state index in [-0.39, 0.29) is 51.6 Å². The Hall–Kier alpha value is -1.67. The second-order valence-corrected chi connectivity index (χ2v) is 20.4. The van der Waals surface area contributed by atoms with E-state index in [0.717, 1.165) is 10.7 Å². The van der Waals surface area contributed by atoms with Gasteiger partial charge in [-0.3, -0.25) is 24.0 Å². The molecule has 0 saturated carbocycles. The molecule has 5 atom stereocenters. The zero-order valence-corrected chi connectivity index (χ0v) is 25.9. The lowest BCUT2D eigenvalue weighted by Gasteiger charge is -2.48. The number of carbonyl (C=O) groups is 2. The number of nitro groups is 1. The Morgan fingerprint density at radius 1 is 1.32 bits per heavy atom. The lowest BCUT2D eigenvalue weighted by Crippen LogP contribution is -2.62. The van der Waals surface area contributed by atoms with E-state index in [2.05, 4.69) is 33.9 Å². The van der Waals surface area contributed by atoms with Crippen LogP contribution >= 0.6 is 23.5 Å². The lowest BCUT2D eigenvalue weighted by molar-refractivity contribution is -0.384. The number of non-ortho nitro benzene ring substituents is 1. The molecule has 3 aliphatic rings. The molecule has 0 N–H and O–H groups in total. The van der Waals surface area contributed by atoms with Crippen LogP contribution in [0.3, 0.4) is 0 Å². The van der Waals surface area contributed by atoms with Crippen molar-refractivity contribution in [3.63, 3.8) is 0 Å². The molecule has 9 nitrogen and oxygen atoms in total. The van der Waals surface area contributed by atoms with E-state index in [9.17, 15) is 23.9 Å². The molecule has 2 saturated heterocycles. The first-order chi connectivity index (χ1) is 17.7. The Labute approximate surface area is 235 Å². The van der Waals surface area contributed by atoms with E-state index in [4.69, 9.17) is 9.16 Å². The maximum atomic E-state index is 13.4. The number of rotatable bonds is 9. The molecule has 0 spiro atoms. The average molecular weight is 599 g/mol. The van der Waals surface area contributed by atoms with Crippen molar-refractivity contribution < 1.29 is 27.9 Å². The number of nitrogens with zero attached hydrogens (tertiary/aromatic N) is 2. The molecule has 1 aromatic rings. The number of ether oxygens (including phenoxy) is 1. The van der Waals surface area contributed by atoms with E-state index in [1.165, 1.54) is 40.6 Å². The largest absolute Gasteiger partial charge is 0.456 e. The van der Waals surface area contributed by atoms with Crippen LogP contribution in [0, 0.1) is 16.0 Å². The topological polar surface area (TPSA) is 116 Å². The number of hydrogen-bond donors (Lipinski definition) is 0. The number of thioether (sulfide) groups is 2. The Bertz CT molecular complexity index is 1180. The number of fused-ring (bicyclic) bond motifs is 1. The zero-order chi connectivity index (χ0) is 28.0. The fourth-order valence-electron chi connectivity index (χ4n) is 4.34. The number of hydrogen-bond acceptors (Lipinski definition) is 9. The highest BCUT2D eigenvalue weighted by atomic mass is 32.2. The van der Waals surface area contributed by atoms with Crippen LogP contribution in [-0.2, 0) is 36.2 Å². The summed E-state index contributed by atoms with van der Waals surface area (Å²) in [4.78, 5) is 38.7. The molecule has 1 amide bonds. The summed E-state index contributed by atoms with van der Waals surface area (Å²) in [5.41, 5.74) is 0.804. The number of benzene rings is 1. The number of carbonyl (C=O) groups excluding carboxylic acids is 2. The third-order valence-electron chi connectivity index (χ3n) is 7.56. The minimum atomic E-state index is -2.11. The first kappa shape index (κ1) is 29.3. The molecular formula is C25H34N2O7S3Si. The van der Waals surface area contributed by atoms with E-state index < -0.39 is 30.0 Å². The third kappa shape index (κ3) is 5.91. The van der Waals surface area contributed by atoms with Gasteiger partial charge in [0.2, 0.25) is 5.91 Å². The van der Waals surface area contributed by atoms with Crippen molar-refractivity contribution in [2.45, 2.75) is 75.6 Å². The molecule has 3 heterocycles. The first-order valence-corrected chi connectivity index (χ1v) is 18.7. The molecule has 0 unspecified atom stereocenters. The van der Waals surface area contributed by atoms with Crippen LogP contribution in [-0.4, -0.2) is 62.5 Å². The second kappa shape index (κ2) is 11.1. The highest BCUT2D eigenvalue weighted by Crippen LogP contribution is 2.56. The SMILES string of the molecule is C[C@@H](O[Si](C)(C)C(C)(C)C)[C@H]1C(=O)N2C(C(=O)OCc3ccc([N+](=O)[O-])cc3)=C(S[C@H]3CC[S@@](=O)C3)S[C@H]12. The highest BCUT2D eigenvalue weighted by Gasteiger charge is 2.59. The van der Waals surface area contributed by atoms with E-state index >= 15 is 0 Å². The maximum Gasteiger partial charge on any atom is 0.357 e. The normalized spacial score (nSPS) is 26.3. The van der Waals surface area contributed by atoms with Crippen LogP contribution in [0.25, 0.3) is 0 Å². The average Bonchev–Trinajstić information content (AvgIpc) is 3.37. The van der Waals surface area contributed by atoms with Crippen molar-refractivity contribution in [3.8, 4) is 0 Å². The predicted molar refractivity (Wildman–Crippen MR) is 153 cm³/mol. The van der Waals surface area contributed by atoms with Gasteiger partial charge in [0.25, 0.3) is 5.69 Å². The van der Waals surface area contributed by atoms with Gasteiger partial charge in [0.05, 0.1) is 21.2 Å². The quantitative estimate of drug-likeness (QED) is 0.127. The van der Waals surface area contributed by atoms with Gasteiger partial charge in [-0.15, -0.1) is 11.8 Å². The summed E-state index contributed by atoms with van der Waals surface area (Å²) in [7, 11) is -2.97. The molecule has 3 aliphatic heterocycles. The van der Waals surface area contributed by atoms with Gasteiger partial charge in [-0.1, -0.05) is 32.5 Å². The standard InChI is InChI=1S/C25H34N2O7S3Si/c1-15(34-38(5,6)25(2,3)4)19-21(28)26-20(24(36-22(19)26)35-18-11-12-37(32)14-18)23(29)33-13-16-7-9-17(10-8-16)27(30)31/h7-10,15,18-19,22H,11-14H2,1-6H3/t15-,18+,19+,22-,37-/m1/s1. The fraction of sp³-hybridized carbons (Fsp3) is 0.600. The molecule has 0 aliphatic carbocycles. The van der Waals surface area contributed by atoms with E-state index in [1.807, 2.05) is 6.92 Å². The molecule has 4 rings (SSSR count). The molecule has 0 bridgehead atoms. The van der Waals surface area contributed by atoms with E-state index in [0.29, 0.717) is 17.1 Å². The van der Waals surface area contributed by atoms with Gasteiger partial charge in [-0.25, -0.2) is 4.79 Å². The van der Waals surface area contributed by atoms with Gasteiger partial charge >= 0.3 is 5.97 Å². The van der Waals surface area contributed by atoms with Crippen LogP contribution in [0.4, 0.5) is 5.69 Å². The van der Waals surface area contributed by atoms with Crippen LogP contribution in [0.1, 0.15) is 39.7 Å². The molecule has 208 valence electrons. The fourth-order valence-corrected chi connectivity index (χ4v) is 11.0. The minimum absolute atomic E-state index is 0.000773. The molecule has 13 heteroatoms. The summed E-state index contributed by atoms with van der Waals surface area (Å²) in [6.45, 7) is 12.7. The van der Waals surface area contributed by atoms with Gasteiger partial charge in [-0.05, 0) is 49.2 Å². The van der Waals surface area contributed by atoms with Crippen LogP contribution in [0.5, 0.6) is 0 Å². The number of nitro benzene ring substituents is 1. The summed E-state index contributed by atoms with van der Waals surface area (Å²) < 4.78 is 24.8. The Morgan fingerprint density at radius 2 is 1.97 bits per heavy atom.